The number of carboxylic acid groups (broad SMARTS) is 1. The van der Waals surface area contributed by atoms with E-state index in [-0.39, 0.29) is 5.92 Å². The molecule has 0 saturated heterocycles. The van der Waals surface area contributed by atoms with Gasteiger partial charge in [0.2, 0.25) is 0 Å². The van der Waals surface area contributed by atoms with Gasteiger partial charge in [0, 0.05) is 25.4 Å². The van der Waals surface area contributed by atoms with E-state index in [0.717, 1.165) is 18.7 Å². The molecule has 1 heterocycles. The maximum atomic E-state index is 10.7. The first-order chi connectivity index (χ1) is 6.65. The lowest BCUT2D eigenvalue weighted by atomic mass is 10.2. The minimum Gasteiger partial charge on any atom is -0.481 e. The second kappa shape index (κ2) is 4.79. The zero-order valence-corrected chi connectivity index (χ0v) is 8.60. The van der Waals surface area contributed by atoms with Crippen LogP contribution in [0.25, 0.3) is 0 Å². The van der Waals surface area contributed by atoms with Crippen molar-refractivity contribution in [2.45, 2.75) is 33.2 Å². The molecule has 14 heavy (non-hydrogen) atoms. The van der Waals surface area contributed by atoms with Gasteiger partial charge in [-0.3, -0.25) is 4.79 Å². The highest BCUT2D eigenvalue weighted by Crippen LogP contribution is 2.06. The van der Waals surface area contributed by atoms with E-state index in [2.05, 4.69) is 11.9 Å². The van der Waals surface area contributed by atoms with Crippen LogP contribution in [-0.4, -0.2) is 20.6 Å². The summed E-state index contributed by atoms with van der Waals surface area (Å²) >= 11 is 0. The molecular formula is C10H16N2O2. The highest BCUT2D eigenvalue weighted by Gasteiger charge is 2.12. The zero-order valence-electron chi connectivity index (χ0n) is 8.60. The lowest BCUT2D eigenvalue weighted by Crippen LogP contribution is -2.17. The van der Waals surface area contributed by atoms with Gasteiger partial charge in [-0.1, -0.05) is 13.8 Å². The first-order valence-corrected chi connectivity index (χ1v) is 4.88. The molecule has 0 aliphatic carbocycles. The Balaban J connectivity index is 2.66. The topological polar surface area (TPSA) is 55.1 Å². The average molecular weight is 196 g/mol. The number of carboxylic acids is 1. The van der Waals surface area contributed by atoms with Gasteiger partial charge in [-0.2, -0.15) is 0 Å². The summed E-state index contributed by atoms with van der Waals surface area (Å²) in [5.74, 6) is -0.151. The van der Waals surface area contributed by atoms with E-state index in [1.54, 1.807) is 13.1 Å². The summed E-state index contributed by atoms with van der Waals surface area (Å²) in [5, 5.41) is 8.77. The minimum atomic E-state index is -0.763. The summed E-state index contributed by atoms with van der Waals surface area (Å²) in [6, 6.07) is 0. The van der Waals surface area contributed by atoms with Crippen molar-refractivity contribution in [2.24, 2.45) is 5.92 Å². The van der Waals surface area contributed by atoms with Crippen molar-refractivity contribution < 1.29 is 9.90 Å². The van der Waals surface area contributed by atoms with Gasteiger partial charge in [0.25, 0.3) is 0 Å². The molecule has 0 amide bonds. The maximum Gasteiger partial charge on any atom is 0.308 e. The quantitative estimate of drug-likeness (QED) is 0.777. The number of hydrogen-bond acceptors (Lipinski definition) is 2. The largest absolute Gasteiger partial charge is 0.481 e. The van der Waals surface area contributed by atoms with Crippen LogP contribution in [0, 0.1) is 5.92 Å². The smallest absolute Gasteiger partial charge is 0.308 e. The van der Waals surface area contributed by atoms with Crippen molar-refractivity contribution >= 4 is 5.97 Å². The molecule has 4 nitrogen and oxygen atoms in total. The van der Waals surface area contributed by atoms with Crippen LogP contribution in [0.5, 0.6) is 0 Å². The first kappa shape index (κ1) is 10.8. The van der Waals surface area contributed by atoms with Crippen LogP contribution in [0.2, 0.25) is 0 Å². The molecule has 0 aromatic carbocycles. The number of hydrogen-bond donors (Lipinski definition) is 1. The Morgan fingerprint density at radius 1 is 1.71 bits per heavy atom. The fourth-order valence-corrected chi connectivity index (χ4v) is 1.33. The van der Waals surface area contributed by atoms with Gasteiger partial charge >= 0.3 is 5.97 Å². The lowest BCUT2D eigenvalue weighted by Gasteiger charge is -2.09. The molecule has 78 valence electrons. The van der Waals surface area contributed by atoms with Gasteiger partial charge in [-0.15, -0.1) is 0 Å². The van der Waals surface area contributed by atoms with Gasteiger partial charge in [0.15, 0.2) is 0 Å². The fourth-order valence-electron chi connectivity index (χ4n) is 1.33. The number of aryl methyl sites for hydroxylation is 1. The highest BCUT2D eigenvalue weighted by molar-refractivity contribution is 5.69. The third kappa shape index (κ3) is 2.58. The molecule has 1 atom stereocenters. The molecule has 1 aromatic heterocycles. The third-order valence-electron chi connectivity index (χ3n) is 2.17. The molecule has 0 aliphatic rings. The van der Waals surface area contributed by atoms with Crippen molar-refractivity contribution in [3.05, 3.63) is 18.2 Å². The van der Waals surface area contributed by atoms with Gasteiger partial charge < -0.3 is 9.67 Å². The second-order valence-electron chi connectivity index (χ2n) is 3.49. The Labute approximate surface area is 83.6 Å². The molecule has 0 saturated carbocycles. The van der Waals surface area contributed by atoms with Crippen LogP contribution in [0.3, 0.4) is 0 Å². The van der Waals surface area contributed by atoms with Crippen LogP contribution >= 0.6 is 0 Å². The second-order valence-corrected chi connectivity index (χ2v) is 3.49. The standard InChI is InChI=1S/C10H16N2O2/c1-3-4-9-11-5-6-12(9)7-8(2)10(13)14/h5-6,8H,3-4,7H2,1-2H3,(H,13,14). The van der Waals surface area contributed by atoms with E-state index >= 15 is 0 Å². The molecule has 1 rings (SSSR count). The Morgan fingerprint density at radius 2 is 2.43 bits per heavy atom. The molecule has 0 radical (unpaired) electrons. The van der Waals surface area contributed by atoms with E-state index in [1.807, 2.05) is 10.8 Å². The van der Waals surface area contributed by atoms with Crippen LogP contribution in [0.15, 0.2) is 12.4 Å². The third-order valence-corrected chi connectivity index (χ3v) is 2.17. The molecule has 0 aliphatic heterocycles. The van der Waals surface area contributed by atoms with Crippen molar-refractivity contribution in [1.82, 2.24) is 9.55 Å². The summed E-state index contributed by atoms with van der Waals surface area (Å²) in [6.07, 6.45) is 5.49. The highest BCUT2D eigenvalue weighted by atomic mass is 16.4. The van der Waals surface area contributed by atoms with Crippen LogP contribution in [-0.2, 0) is 17.8 Å². The zero-order chi connectivity index (χ0) is 10.6. The Morgan fingerprint density at radius 3 is 3.00 bits per heavy atom. The van der Waals surface area contributed by atoms with E-state index in [4.69, 9.17) is 5.11 Å². The number of nitrogens with zero attached hydrogens (tertiary/aromatic N) is 2. The molecule has 0 bridgehead atoms. The number of aromatic nitrogens is 2. The summed E-state index contributed by atoms with van der Waals surface area (Å²) in [7, 11) is 0. The monoisotopic (exact) mass is 196 g/mol. The summed E-state index contributed by atoms with van der Waals surface area (Å²) in [4.78, 5) is 14.8. The van der Waals surface area contributed by atoms with Crippen molar-refractivity contribution in [3.8, 4) is 0 Å². The van der Waals surface area contributed by atoms with Gasteiger partial charge in [-0.25, -0.2) is 4.98 Å². The molecule has 4 heteroatoms. The first-order valence-electron chi connectivity index (χ1n) is 4.88. The van der Waals surface area contributed by atoms with Crippen molar-refractivity contribution in [2.75, 3.05) is 0 Å². The number of rotatable bonds is 5. The van der Waals surface area contributed by atoms with Crippen molar-refractivity contribution in [3.63, 3.8) is 0 Å². The Kier molecular flexibility index (Phi) is 3.68. The molecule has 1 unspecified atom stereocenters. The summed E-state index contributed by atoms with van der Waals surface area (Å²) < 4.78 is 1.92. The number of aliphatic carboxylic acids is 1. The SMILES string of the molecule is CCCc1nccn1CC(C)C(=O)O. The Bertz CT molecular complexity index is 307. The normalized spacial score (nSPS) is 12.7. The number of carbonyl (C=O) groups is 1. The van der Waals surface area contributed by atoms with Crippen LogP contribution < -0.4 is 0 Å². The lowest BCUT2D eigenvalue weighted by molar-refractivity contribution is -0.141. The minimum absolute atomic E-state index is 0.361. The van der Waals surface area contributed by atoms with Crippen molar-refractivity contribution in [1.29, 1.82) is 0 Å². The van der Waals surface area contributed by atoms with Crippen LogP contribution in [0.4, 0.5) is 0 Å². The summed E-state index contributed by atoms with van der Waals surface area (Å²) in [5.41, 5.74) is 0. The van der Waals surface area contributed by atoms with Gasteiger partial charge in [-0.05, 0) is 6.42 Å². The molecule has 1 N–H and O–H groups in total. The molecule has 0 spiro atoms. The maximum absolute atomic E-state index is 10.7. The van der Waals surface area contributed by atoms with E-state index < -0.39 is 5.97 Å². The van der Waals surface area contributed by atoms with Crippen LogP contribution in [0.1, 0.15) is 26.1 Å². The predicted molar refractivity (Wildman–Crippen MR) is 53.0 cm³/mol. The van der Waals surface area contributed by atoms with E-state index in [0.29, 0.717) is 6.54 Å². The summed E-state index contributed by atoms with van der Waals surface area (Å²) in [6.45, 7) is 4.29. The van der Waals surface area contributed by atoms with Gasteiger partial charge in [0.05, 0.1) is 5.92 Å². The Hall–Kier alpha value is -1.32. The van der Waals surface area contributed by atoms with E-state index in [1.165, 1.54) is 0 Å². The molecule has 1 aromatic rings. The number of imidazole rings is 1. The molecule has 0 fully saturated rings. The average Bonchev–Trinajstić information content (AvgIpc) is 2.53. The predicted octanol–water partition coefficient (Wildman–Crippen LogP) is 1.56. The van der Waals surface area contributed by atoms with Gasteiger partial charge in [0.1, 0.15) is 5.82 Å². The molecular weight excluding hydrogens is 180 g/mol. The fraction of sp³-hybridized carbons (Fsp3) is 0.600. The van der Waals surface area contributed by atoms with E-state index in [9.17, 15) is 4.79 Å².